The zero-order valence-electron chi connectivity index (χ0n) is 3.23. The standard InChI is InChI=1S/C2H6O.Fe.Ni.O/c1-2-3;;;/h3H,2H2,1H3;;;. The quantitative estimate of drug-likeness (QED) is 0.523. The van der Waals surface area contributed by atoms with Crippen molar-refractivity contribution >= 4 is 0 Å². The molecule has 0 aromatic rings. The van der Waals surface area contributed by atoms with E-state index < -0.39 is 0 Å². The summed E-state index contributed by atoms with van der Waals surface area (Å²) in [6, 6.07) is 0. The molecule has 0 aromatic heterocycles. The zero-order chi connectivity index (χ0) is 4.71. The first-order valence-electron chi connectivity index (χ1n) is 1.17. The maximum absolute atomic E-state index is 8.00. The Morgan fingerprint density at radius 1 is 1.67 bits per heavy atom. The molecule has 0 aliphatic carbocycles. The SMILES string of the molecule is CCO.[Ni].[O]=[Fe]. The van der Waals surface area contributed by atoms with Gasteiger partial charge < -0.3 is 5.11 Å². The number of hydrogen-bond donors (Lipinski definition) is 1. The Bertz CT molecular complexity index is 15.5. The predicted octanol–water partition coefficient (Wildman–Crippen LogP) is -0.125. The first-order valence-corrected chi connectivity index (χ1v) is 1.62. The average molecular weight is 177 g/mol. The van der Waals surface area contributed by atoms with Crippen LogP contribution in [0.25, 0.3) is 0 Å². The summed E-state index contributed by atoms with van der Waals surface area (Å²) in [5.74, 6) is 0. The van der Waals surface area contributed by atoms with E-state index in [0.717, 1.165) is 0 Å². The third-order valence-electron chi connectivity index (χ3n) is 0. The fraction of sp³-hybridized carbons (Fsp3) is 1.00. The Balaban J connectivity index is -0.0000000275. The van der Waals surface area contributed by atoms with Crippen molar-refractivity contribution < 1.29 is 41.4 Å². The van der Waals surface area contributed by atoms with Crippen LogP contribution in [0, 0.1) is 0 Å². The number of aliphatic hydroxyl groups excluding tert-OH is 1. The summed E-state index contributed by atoms with van der Waals surface area (Å²) in [5, 5.41) is 7.57. The molecule has 2 nitrogen and oxygen atoms in total. The summed E-state index contributed by atoms with van der Waals surface area (Å²) in [5.41, 5.74) is 0. The minimum absolute atomic E-state index is 0. The third-order valence-corrected chi connectivity index (χ3v) is 0. The minimum atomic E-state index is 0. The molecule has 0 aromatic carbocycles. The van der Waals surface area contributed by atoms with Gasteiger partial charge in [0.2, 0.25) is 0 Å². The molecule has 0 atom stereocenters. The van der Waals surface area contributed by atoms with Crippen molar-refractivity contribution in [1.82, 2.24) is 0 Å². The molecule has 0 spiro atoms. The monoisotopic (exact) mass is 176 g/mol. The van der Waals surface area contributed by atoms with Gasteiger partial charge in [0.15, 0.2) is 0 Å². The second kappa shape index (κ2) is 41.8. The van der Waals surface area contributed by atoms with Gasteiger partial charge in [-0.25, -0.2) is 0 Å². The normalized spacial score (nSPS) is 3.83. The van der Waals surface area contributed by atoms with Gasteiger partial charge in [0.05, 0.1) is 0 Å². The number of aliphatic hydroxyl groups is 1. The van der Waals surface area contributed by atoms with Crippen LogP contribution in [-0.2, 0) is 36.3 Å². The average Bonchev–Trinajstić information content (AvgIpc) is 1.46. The Kier molecular flexibility index (Phi) is 111. The van der Waals surface area contributed by atoms with E-state index in [-0.39, 0.29) is 23.1 Å². The first kappa shape index (κ1) is 15.9. The van der Waals surface area contributed by atoms with Crippen LogP contribution < -0.4 is 0 Å². The van der Waals surface area contributed by atoms with Gasteiger partial charge in [-0.05, 0) is 6.92 Å². The Labute approximate surface area is 55.3 Å². The summed E-state index contributed by atoms with van der Waals surface area (Å²) in [6.07, 6.45) is 0. The van der Waals surface area contributed by atoms with Crippen molar-refractivity contribution in [2.75, 3.05) is 6.61 Å². The first-order chi connectivity index (χ1) is 2.41. The summed E-state index contributed by atoms with van der Waals surface area (Å²) in [6.45, 7) is 1.93. The van der Waals surface area contributed by atoms with E-state index in [9.17, 15) is 0 Å². The summed E-state index contributed by atoms with van der Waals surface area (Å²) in [4.78, 5) is 0. The fourth-order valence-corrected chi connectivity index (χ4v) is 0. The zero-order valence-corrected chi connectivity index (χ0v) is 5.32. The molecule has 0 bridgehead atoms. The van der Waals surface area contributed by atoms with E-state index in [1.54, 1.807) is 6.92 Å². The summed E-state index contributed by atoms with van der Waals surface area (Å²) < 4.78 is 8.00. The fourth-order valence-electron chi connectivity index (χ4n) is 0. The van der Waals surface area contributed by atoms with Crippen LogP contribution in [0.1, 0.15) is 6.92 Å². The molecule has 0 radical (unpaired) electrons. The van der Waals surface area contributed by atoms with E-state index in [4.69, 9.17) is 8.94 Å². The van der Waals surface area contributed by atoms with Crippen molar-refractivity contribution in [3.8, 4) is 0 Å². The Hall–Kier alpha value is 0.773. The number of hydrogen-bond acceptors (Lipinski definition) is 2. The molecular formula is C2H6FeNiO2. The molecule has 0 saturated heterocycles. The molecule has 0 aliphatic rings. The molecule has 1 N–H and O–H groups in total. The van der Waals surface area contributed by atoms with Crippen molar-refractivity contribution in [2.24, 2.45) is 0 Å². The van der Waals surface area contributed by atoms with E-state index in [1.165, 1.54) is 0 Å². The third kappa shape index (κ3) is 114. The maximum atomic E-state index is 8.00. The van der Waals surface area contributed by atoms with Crippen molar-refractivity contribution in [3.05, 3.63) is 0 Å². The van der Waals surface area contributed by atoms with Crippen molar-refractivity contribution in [1.29, 1.82) is 0 Å². The molecule has 0 rings (SSSR count). The molecule has 0 amide bonds. The van der Waals surface area contributed by atoms with Gasteiger partial charge in [-0.3, -0.25) is 0 Å². The van der Waals surface area contributed by atoms with Crippen LogP contribution in [0.3, 0.4) is 0 Å². The molecule has 0 heterocycles. The Morgan fingerprint density at radius 3 is 1.67 bits per heavy atom. The molecular weight excluding hydrogens is 171 g/mol. The van der Waals surface area contributed by atoms with Crippen LogP contribution in [0.4, 0.5) is 0 Å². The van der Waals surface area contributed by atoms with E-state index in [0.29, 0.717) is 0 Å². The van der Waals surface area contributed by atoms with Crippen LogP contribution in [0.2, 0.25) is 0 Å². The van der Waals surface area contributed by atoms with Crippen LogP contribution in [0.15, 0.2) is 0 Å². The Morgan fingerprint density at radius 2 is 1.67 bits per heavy atom. The van der Waals surface area contributed by atoms with Crippen molar-refractivity contribution in [3.63, 3.8) is 0 Å². The molecule has 0 fully saturated rings. The second-order valence-corrected chi connectivity index (χ2v) is 0.316. The molecule has 4 heteroatoms. The summed E-state index contributed by atoms with van der Waals surface area (Å²) in [7, 11) is 0. The van der Waals surface area contributed by atoms with Gasteiger partial charge >= 0.3 is 19.8 Å². The topological polar surface area (TPSA) is 37.3 Å². The van der Waals surface area contributed by atoms with Crippen LogP contribution in [-0.4, -0.2) is 11.7 Å². The molecule has 6 heavy (non-hydrogen) atoms. The molecule has 0 saturated carbocycles. The van der Waals surface area contributed by atoms with Crippen LogP contribution >= 0.6 is 0 Å². The van der Waals surface area contributed by atoms with E-state index in [1.807, 2.05) is 15.9 Å². The summed E-state index contributed by atoms with van der Waals surface area (Å²) >= 11 is 2.00. The molecule has 44 valence electrons. The number of rotatable bonds is 0. The van der Waals surface area contributed by atoms with Gasteiger partial charge in [-0.15, -0.1) is 0 Å². The van der Waals surface area contributed by atoms with Crippen molar-refractivity contribution in [2.45, 2.75) is 6.92 Å². The van der Waals surface area contributed by atoms with E-state index >= 15 is 0 Å². The second-order valence-electron chi connectivity index (χ2n) is 0.316. The van der Waals surface area contributed by atoms with Gasteiger partial charge in [0.25, 0.3) is 0 Å². The van der Waals surface area contributed by atoms with Gasteiger partial charge in [-0.1, -0.05) is 0 Å². The predicted molar refractivity (Wildman–Crippen MR) is 13.4 cm³/mol. The molecule has 0 aliphatic heterocycles. The van der Waals surface area contributed by atoms with Crippen LogP contribution in [0.5, 0.6) is 0 Å². The van der Waals surface area contributed by atoms with Gasteiger partial charge in [0, 0.05) is 23.1 Å². The van der Waals surface area contributed by atoms with Gasteiger partial charge in [0.1, 0.15) is 0 Å². The van der Waals surface area contributed by atoms with Gasteiger partial charge in [-0.2, -0.15) is 0 Å². The van der Waals surface area contributed by atoms with E-state index in [2.05, 4.69) is 0 Å². The molecule has 0 unspecified atom stereocenters.